The zero-order valence-electron chi connectivity index (χ0n) is 17.8. The van der Waals surface area contributed by atoms with Crippen LogP contribution in [0.3, 0.4) is 0 Å². The van der Waals surface area contributed by atoms with Gasteiger partial charge >= 0.3 is 5.97 Å². The molecule has 0 unspecified atom stereocenters. The Morgan fingerprint density at radius 2 is 1.70 bits per heavy atom. The molecule has 0 atom stereocenters. The van der Waals surface area contributed by atoms with Crippen LogP contribution in [-0.2, 0) is 21.4 Å². The minimum Gasteiger partial charge on any atom is -0.497 e. The number of rotatable bonds is 9. The van der Waals surface area contributed by atoms with Gasteiger partial charge in [-0.3, -0.25) is 0 Å². The molecule has 0 amide bonds. The molecule has 7 nitrogen and oxygen atoms in total. The van der Waals surface area contributed by atoms with Gasteiger partial charge in [0.25, 0.3) is 0 Å². The molecule has 0 fully saturated rings. The van der Waals surface area contributed by atoms with Gasteiger partial charge in [0.15, 0.2) is 6.61 Å². The van der Waals surface area contributed by atoms with Crippen LogP contribution in [0, 0.1) is 11.6 Å². The lowest BCUT2D eigenvalue weighted by molar-refractivity contribution is -0.139. The highest BCUT2D eigenvalue weighted by molar-refractivity contribution is 7.89. The van der Waals surface area contributed by atoms with E-state index in [1.165, 1.54) is 44.5 Å². The summed E-state index contributed by atoms with van der Waals surface area (Å²) in [7, 11) is -1.15. The Labute approximate surface area is 189 Å². The van der Waals surface area contributed by atoms with Crippen molar-refractivity contribution in [1.29, 1.82) is 0 Å². The van der Waals surface area contributed by atoms with Crippen LogP contribution >= 0.6 is 0 Å². The Kier molecular flexibility index (Phi) is 7.29. The number of nitrogens with zero attached hydrogens (tertiary/aromatic N) is 1. The molecule has 3 rings (SSSR count). The van der Waals surface area contributed by atoms with E-state index in [-0.39, 0.29) is 22.9 Å². The highest BCUT2D eigenvalue weighted by atomic mass is 32.2. The monoisotopic (exact) mass is 477 g/mol. The first-order valence-electron chi connectivity index (χ1n) is 9.64. The Balaban J connectivity index is 1.98. The third-order valence-electron chi connectivity index (χ3n) is 4.74. The molecule has 10 heteroatoms. The fraction of sp³-hybridized carbons (Fsp3) is 0.174. The lowest BCUT2D eigenvalue weighted by atomic mass is 10.0. The molecule has 0 aliphatic carbocycles. The molecular formula is C23H21F2NO6S. The van der Waals surface area contributed by atoms with Crippen LogP contribution in [0.2, 0.25) is 0 Å². The van der Waals surface area contributed by atoms with Gasteiger partial charge in [0.1, 0.15) is 23.1 Å². The molecule has 174 valence electrons. The smallest absolute Gasteiger partial charge is 0.341 e. The molecular weight excluding hydrogens is 456 g/mol. The van der Waals surface area contributed by atoms with E-state index in [4.69, 9.17) is 14.6 Å². The van der Waals surface area contributed by atoms with Gasteiger partial charge in [-0.25, -0.2) is 22.0 Å². The number of carboxylic acids is 1. The SMILES string of the molecule is COc1cc(F)cc(-c2cc(CN(C)S(=O)(=O)c3ccc(F)cc3)ccc2OCC(=O)O)c1. The summed E-state index contributed by atoms with van der Waals surface area (Å²) in [6.45, 7) is -0.671. The van der Waals surface area contributed by atoms with Gasteiger partial charge in [0, 0.05) is 25.2 Å². The van der Waals surface area contributed by atoms with Crippen molar-refractivity contribution in [1.82, 2.24) is 4.31 Å². The van der Waals surface area contributed by atoms with Crippen LogP contribution in [-0.4, -0.2) is 44.6 Å². The normalized spacial score (nSPS) is 11.4. The van der Waals surface area contributed by atoms with E-state index in [2.05, 4.69) is 0 Å². The molecule has 1 N–H and O–H groups in total. The zero-order valence-corrected chi connectivity index (χ0v) is 18.6. The Hall–Kier alpha value is -3.50. The maximum atomic E-state index is 14.1. The highest BCUT2D eigenvalue weighted by Gasteiger charge is 2.22. The minimum atomic E-state index is -3.90. The number of aliphatic carboxylic acids is 1. The van der Waals surface area contributed by atoms with E-state index < -0.39 is 34.2 Å². The maximum absolute atomic E-state index is 14.1. The van der Waals surface area contributed by atoms with Gasteiger partial charge in [-0.05, 0) is 59.7 Å². The zero-order chi connectivity index (χ0) is 24.2. The standard InChI is InChI=1S/C23H21F2NO6S/c1-26(33(29,30)20-6-4-17(24)5-7-20)13-15-3-8-22(32-14-23(27)28)21(9-15)16-10-18(25)12-19(11-16)31-2/h3-12H,13-14H2,1-2H3,(H,27,28). The Morgan fingerprint density at radius 1 is 1.00 bits per heavy atom. The van der Waals surface area contributed by atoms with E-state index >= 15 is 0 Å². The number of benzene rings is 3. The summed E-state index contributed by atoms with van der Waals surface area (Å²) in [5.74, 6) is -1.89. The topological polar surface area (TPSA) is 93.1 Å². The number of carboxylic acid groups (broad SMARTS) is 1. The first-order chi connectivity index (χ1) is 15.6. The highest BCUT2D eigenvalue weighted by Crippen LogP contribution is 2.34. The van der Waals surface area contributed by atoms with Crippen molar-refractivity contribution in [2.24, 2.45) is 0 Å². The summed E-state index contributed by atoms with van der Waals surface area (Å²) in [6.07, 6.45) is 0. The molecule has 3 aromatic rings. The number of hydrogen-bond donors (Lipinski definition) is 1. The van der Waals surface area contributed by atoms with Crippen molar-refractivity contribution >= 4 is 16.0 Å². The fourth-order valence-corrected chi connectivity index (χ4v) is 4.29. The Morgan fingerprint density at radius 3 is 2.33 bits per heavy atom. The first kappa shape index (κ1) is 24.1. The number of carbonyl (C=O) groups is 1. The summed E-state index contributed by atoms with van der Waals surface area (Å²) in [4.78, 5) is 10.9. The quantitative estimate of drug-likeness (QED) is 0.502. The molecule has 3 aromatic carbocycles. The van der Waals surface area contributed by atoms with Crippen molar-refractivity contribution in [2.75, 3.05) is 20.8 Å². The van der Waals surface area contributed by atoms with E-state index in [1.54, 1.807) is 18.2 Å². The summed E-state index contributed by atoms with van der Waals surface area (Å²) in [6, 6.07) is 13.1. The molecule has 0 bridgehead atoms. The van der Waals surface area contributed by atoms with Gasteiger partial charge in [0.05, 0.1) is 12.0 Å². The summed E-state index contributed by atoms with van der Waals surface area (Å²) in [5, 5.41) is 8.95. The average molecular weight is 477 g/mol. The average Bonchev–Trinajstić information content (AvgIpc) is 2.77. The largest absolute Gasteiger partial charge is 0.497 e. The van der Waals surface area contributed by atoms with Gasteiger partial charge in [0.2, 0.25) is 10.0 Å². The minimum absolute atomic E-state index is 0.0572. The molecule has 0 heterocycles. The van der Waals surface area contributed by atoms with Crippen LogP contribution in [0.15, 0.2) is 65.6 Å². The van der Waals surface area contributed by atoms with Crippen molar-refractivity contribution in [3.63, 3.8) is 0 Å². The third-order valence-corrected chi connectivity index (χ3v) is 6.56. The van der Waals surface area contributed by atoms with Crippen molar-refractivity contribution in [2.45, 2.75) is 11.4 Å². The van der Waals surface area contributed by atoms with Crippen molar-refractivity contribution in [3.8, 4) is 22.6 Å². The molecule has 0 saturated heterocycles. The van der Waals surface area contributed by atoms with Crippen LogP contribution in [0.4, 0.5) is 8.78 Å². The van der Waals surface area contributed by atoms with E-state index in [0.717, 1.165) is 16.4 Å². The number of halogens is 2. The molecule has 0 radical (unpaired) electrons. The van der Waals surface area contributed by atoms with Crippen molar-refractivity contribution < 1.29 is 36.6 Å². The van der Waals surface area contributed by atoms with Gasteiger partial charge in [-0.2, -0.15) is 4.31 Å². The van der Waals surface area contributed by atoms with Crippen LogP contribution in [0.25, 0.3) is 11.1 Å². The maximum Gasteiger partial charge on any atom is 0.341 e. The summed E-state index contributed by atoms with van der Waals surface area (Å²) < 4.78 is 64.4. The second-order valence-electron chi connectivity index (χ2n) is 7.11. The van der Waals surface area contributed by atoms with Crippen LogP contribution in [0.5, 0.6) is 11.5 Å². The third kappa shape index (κ3) is 5.85. The first-order valence-corrected chi connectivity index (χ1v) is 11.1. The molecule has 0 spiro atoms. The van der Waals surface area contributed by atoms with E-state index in [0.29, 0.717) is 16.7 Å². The summed E-state index contributed by atoms with van der Waals surface area (Å²) in [5.41, 5.74) is 1.25. The number of sulfonamides is 1. The van der Waals surface area contributed by atoms with E-state index in [1.807, 2.05) is 0 Å². The fourth-order valence-electron chi connectivity index (χ4n) is 3.13. The number of methoxy groups -OCH3 is 1. The lowest BCUT2D eigenvalue weighted by Gasteiger charge is -2.19. The van der Waals surface area contributed by atoms with E-state index in [9.17, 15) is 22.0 Å². The van der Waals surface area contributed by atoms with Gasteiger partial charge in [-0.15, -0.1) is 0 Å². The van der Waals surface area contributed by atoms with Crippen molar-refractivity contribution in [3.05, 3.63) is 77.9 Å². The second kappa shape index (κ2) is 9.97. The predicted octanol–water partition coefficient (Wildman–Crippen LogP) is 3.92. The van der Waals surface area contributed by atoms with Crippen LogP contribution in [0.1, 0.15) is 5.56 Å². The number of hydrogen-bond acceptors (Lipinski definition) is 5. The molecule has 33 heavy (non-hydrogen) atoms. The second-order valence-corrected chi connectivity index (χ2v) is 9.15. The molecule has 0 aliphatic heterocycles. The Bertz CT molecular complexity index is 1260. The molecule has 0 aromatic heterocycles. The lowest BCUT2D eigenvalue weighted by Crippen LogP contribution is -2.26. The van der Waals surface area contributed by atoms with Gasteiger partial charge < -0.3 is 14.6 Å². The predicted molar refractivity (Wildman–Crippen MR) is 117 cm³/mol. The molecule has 0 aliphatic rings. The number of ether oxygens (including phenoxy) is 2. The molecule has 0 saturated carbocycles. The van der Waals surface area contributed by atoms with Crippen LogP contribution < -0.4 is 9.47 Å². The summed E-state index contributed by atoms with van der Waals surface area (Å²) >= 11 is 0. The van der Waals surface area contributed by atoms with Gasteiger partial charge in [-0.1, -0.05) is 6.07 Å².